The Morgan fingerprint density at radius 3 is 2.03 bits per heavy atom. The zero-order chi connectivity index (χ0) is 26.7. The maximum atomic E-state index is 13.2. The number of nitrogens with two attached hydrogens (primary N) is 1. The molecule has 0 aliphatic heterocycles. The van der Waals surface area contributed by atoms with Crippen LogP contribution in [-0.4, -0.2) is 79.8 Å². The van der Waals surface area contributed by atoms with Crippen LogP contribution in [0.3, 0.4) is 0 Å². The molecular formula is C22H28N6O7S. The summed E-state index contributed by atoms with van der Waals surface area (Å²) in [6.45, 7) is 0. The molecule has 8 N–H and O–H groups in total. The molecule has 3 amide bonds. The lowest BCUT2D eigenvalue weighted by Crippen LogP contribution is -2.58. The number of hydrogen-bond donors (Lipinski definition) is 8. The van der Waals surface area contributed by atoms with E-state index in [-0.39, 0.29) is 18.6 Å². The minimum Gasteiger partial charge on any atom is -0.481 e. The Balaban J connectivity index is 2.26. The van der Waals surface area contributed by atoms with E-state index in [0.29, 0.717) is 5.69 Å². The van der Waals surface area contributed by atoms with Gasteiger partial charge in [-0.1, -0.05) is 30.3 Å². The van der Waals surface area contributed by atoms with Crippen molar-refractivity contribution in [2.24, 2.45) is 5.73 Å². The minimum absolute atomic E-state index is 0.0382. The van der Waals surface area contributed by atoms with Crippen molar-refractivity contribution in [2.45, 2.75) is 43.4 Å². The van der Waals surface area contributed by atoms with Gasteiger partial charge in [0.1, 0.15) is 18.1 Å². The van der Waals surface area contributed by atoms with Crippen molar-refractivity contribution < 1.29 is 34.2 Å². The van der Waals surface area contributed by atoms with Gasteiger partial charge in [-0.25, -0.2) is 9.78 Å². The van der Waals surface area contributed by atoms with E-state index in [1.807, 2.05) is 0 Å². The quantitative estimate of drug-likeness (QED) is 0.135. The van der Waals surface area contributed by atoms with Crippen LogP contribution in [0.5, 0.6) is 0 Å². The first kappa shape index (κ1) is 28.3. The molecule has 0 bridgehead atoms. The molecule has 2 aromatic rings. The normalized spacial score (nSPS) is 14.1. The van der Waals surface area contributed by atoms with Crippen LogP contribution in [0.25, 0.3) is 0 Å². The van der Waals surface area contributed by atoms with E-state index in [9.17, 15) is 29.1 Å². The Bertz CT molecular complexity index is 1050. The molecule has 0 saturated heterocycles. The van der Waals surface area contributed by atoms with Gasteiger partial charge in [-0.05, 0) is 5.56 Å². The fraction of sp³-hybridized carbons (Fsp3) is 0.364. The number of carboxylic acids is 2. The number of aliphatic carboxylic acids is 2. The van der Waals surface area contributed by atoms with Gasteiger partial charge in [0.2, 0.25) is 17.7 Å². The number of carbonyl (C=O) groups excluding carboxylic acids is 3. The summed E-state index contributed by atoms with van der Waals surface area (Å²) < 4.78 is 0. The number of rotatable bonds is 14. The van der Waals surface area contributed by atoms with E-state index in [1.54, 1.807) is 30.3 Å². The largest absolute Gasteiger partial charge is 0.481 e. The lowest BCUT2D eigenvalue weighted by Gasteiger charge is -2.25. The van der Waals surface area contributed by atoms with Gasteiger partial charge in [-0.15, -0.1) is 0 Å². The molecule has 0 saturated carbocycles. The molecule has 194 valence electrons. The lowest BCUT2D eigenvalue weighted by molar-refractivity contribution is -0.147. The predicted molar refractivity (Wildman–Crippen MR) is 130 cm³/mol. The maximum absolute atomic E-state index is 13.2. The topological polar surface area (TPSA) is 217 Å². The summed E-state index contributed by atoms with van der Waals surface area (Å²) in [5.74, 6) is -5.22. The van der Waals surface area contributed by atoms with Gasteiger partial charge in [0.15, 0.2) is 0 Å². The second-order valence-corrected chi connectivity index (χ2v) is 8.24. The molecule has 0 spiro atoms. The standard InChI is InChI=1S/C22H28N6O7S/c23-14(10-36)19(31)26-15(6-12-4-2-1-3-5-12)20(32)27-16(7-13-9-24-11-25-13)21(33)28-17(22(34)35)8-18(29)30/h1-5,9,11,14-17,36H,6-8,10,23H2,(H,24,25)(H,26,31)(H,27,32)(H,28,33)(H,29,30)(H,34,35). The molecule has 14 heteroatoms. The zero-order valence-corrected chi connectivity index (χ0v) is 20.0. The van der Waals surface area contributed by atoms with Crippen molar-refractivity contribution in [3.8, 4) is 0 Å². The average Bonchev–Trinajstić information content (AvgIpc) is 3.35. The highest BCUT2D eigenvalue weighted by Crippen LogP contribution is 2.07. The molecule has 4 unspecified atom stereocenters. The Kier molecular flexibility index (Phi) is 10.9. The van der Waals surface area contributed by atoms with Gasteiger partial charge >= 0.3 is 11.9 Å². The number of carboxylic acid groups (broad SMARTS) is 2. The van der Waals surface area contributed by atoms with Gasteiger partial charge in [0.05, 0.1) is 18.8 Å². The summed E-state index contributed by atoms with van der Waals surface area (Å²) in [5, 5.41) is 25.4. The molecule has 1 aromatic carbocycles. The van der Waals surface area contributed by atoms with Gasteiger partial charge in [0.25, 0.3) is 0 Å². The molecule has 1 heterocycles. The molecular weight excluding hydrogens is 492 g/mol. The third-order valence-electron chi connectivity index (χ3n) is 5.05. The van der Waals surface area contributed by atoms with Crippen LogP contribution >= 0.6 is 12.6 Å². The van der Waals surface area contributed by atoms with Crippen molar-refractivity contribution in [1.82, 2.24) is 25.9 Å². The van der Waals surface area contributed by atoms with Crippen LogP contribution in [-0.2, 0) is 36.8 Å². The number of imidazole rings is 1. The smallest absolute Gasteiger partial charge is 0.326 e. The van der Waals surface area contributed by atoms with Crippen molar-refractivity contribution in [1.29, 1.82) is 0 Å². The number of nitrogens with zero attached hydrogens (tertiary/aromatic N) is 1. The Hall–Kier alpha value is -3.91. The van der Waals surface area contributed by atoms with E-state index in [4.69, 9.17) is 10.8 Å². The van der Waals surface area contributed by atoms with Crippen LogP contribution in [0.4, 0.5) is 0 Å². The van der Waals surface area contributed by atoms with Gasteiger partial charge in [0, 0.05) is 30.5 Å². The fourth-order valence-corrected chi connectivity index (χ4v) is 3.33. The van der Waals surface area contributed by atoms with Crippen LogP contribution < -0.4 is 21.7 Å². The Morgan fingerprint density at radius 1 is 0.917 bits per heavy atom. The number of amides is 3. The molecule has 0 radical (unpaired) electrons. The summed E-state index contributed by atoms with van der Waals surface area (Å²) in [7, 11) is 0. The molecule has 0 aliphatic carbocycles. The van der Waals surface area contributed by atoms with Crippen molar-refractivity contribution >= 4 is 42.3 Å². The third kappa shape index (κ3) is 9.03. The van der Waals surface area contributed by atoms with Crippen LogP contribution in [0.15, 0.2) is 42.9 Å². The first-order chi connectivity index (χ1) is 17.1. The number of benzene rings is 1. The van der Waals surface area contributed by atoms with E-state index in [0.717, 1.165) is 5.56 Å². The third-order valence-corrected chi connectivity index (χ3v) is 5.45. The molecule has 1 aromatic heterocycles. The Morgan fingerprint density at radius 2 is 1.50 bits per heavy atom. The number of hydrogen-bond acceptors (Lipinski definition) is 8. The maximum Gasteiger partial charge on any atom is 0.326 e. The van der Waals surface area contributed by atoms with Gasteiger partial charge < -0.3 is 36.9 Å². The van der Waals surface area contributed by atoms with Crippen molar-refractivity contribution in [2.75, 3.05) is 5.75 Å². The van der Waals surface area contributed by atoms with Crippen molar-refractivity contribution in [3.05, 3.63) is 54.1 Å². The minimum atomic E-state index is -1.72. The molecule has 4 atom stereocenters. The van der Waals surface area contributed by atoms with Gasteiger partial charge in [-0.3, -0.25) is 19.2 Å². The van der Waals surface area contributed by atoms with E-state index in [2.05, 4.69) is 38.5 Å². The summed E-state index contributed by atoms with van der Waals surface area (Å²) in [6, 6.07) is 3.67. The number of aromatic nitrogens is 2. The van der Waals surface area contributed by atoms with E-state index in [1.165, 1.54) is 12.5 Å². The lowest BCUT2D eigenvalue weighted by atomic mass is 10.0. The number of carbonyl (C=O) groups is 5. The number of aromatic amines is 1. The summed E-state index contributed by atoms with van der Waals surface area (Å²) >= 11 is 3.99. The van der Waals surface area contributed by atoms with Crippen LogP contribution in [0.1, 0.15) is 17.7 Å². The molecule has 13 nitrogen and oxygen atoms in total. The molecule has 36 heavy (non-hydrogen) atoms. The van der Waals surface area contributed by atoms with Crippen LogP contribution in [0.2, 0.25) is 0 Å². The summed E-state index contributed by atoms with van der Waals surface area (Å²) in [6.07, 6.45) is 1.87. The first-order valence-corrected chi connectivity index (χ1v) is 11.5. The molecule has 0 fully saturated rings. The number of H-pyrrole nitrogens is 1. The monoisotopic (exact) mass is 520 g/mol. The highest BCUT2D eigenvalue weighted by molar-refractivity contribution is 7.80. The fourth-order valence-electron chi connectivity index (χ4n) is 3.17. The first-order valence-electron chi connectivity index (χ1n) is 10.8. The zero-order valence-electron chi connectivity index (χ0n) is 19.1. The SMILES string of the molecule is NC(CS)C(=O)NC(Cc1ccccc1)C(=O)NC(Cc1cnc[nH]1)C(=O)NC(CC(=O)O)C(=O)O. The van der Waals surface area contributed by atoms with E-state index < -0.39 is 60.2 Å². The molecule has 2 rings (SSSR count). The predicted octanol–water partition coefficient (Wildman–Crippen LogP) is -1.53. The second-order valence-electron chi connectivity index (χ2n) is 7.88. The Labute approximate surface area is 211 Å². The van der Waals surface area contributed by atoms with Gasteiger partial charge in [-0.2, -0.15) is 12.6 Å². The number of nitrogens with one attached hydrogen (secondary N) is 4. The summed E-state index contributed by atoms with van der Waals surface area (Å²) in [5.41, 5.74) is 6.89. The second kappa shape index (κ2) is 13.8. The summed E-state index contributed by atoms with van der Waals surface area (Å²) in [4.78, 5) is 67.6. The highest BCUT2D eigenvalue weighted by Gasteiger charge is 2.31. The van der Waals surface area contributed by atoms with E-state index >= 15 is 0 Å². The number of thiol groups is 1. The average molecular weight is 521 g/mol. The molecule has 0 aliphatic rings. The van der Waals surface area contributed by atoms with Crippen molar-refractivity contribution in [3.63, 3.8) is 0 Å². The highest BCUT2D eigenvalue weighted by atomic mass is 32.1. The van der Waals surface area contributed by atoms with Crippen LogP contribution in [0, 0.1) is 0 Å².